The lowest BCUT2D eigenvalue weighted by atomic mass is 10.1. The second kappa shape index (κ2) is 7.95. The van der Waals surface area contributed by atoms with Crippen molar-refractivity contribution < 1.29 is 14.3 Å². The highest BCUT2D eigenvalue weighted by Crippen LogP contribution is 2.33. The maximum Gasteiger partial charge on any atom is 0.341 e. The Morgan fingerprint density at radius 1 is 1.15 bits per heavy atom. The number of aromatic carboxylic acids is 1. The molecule has 0 saturated heterocycles. The fourth-order valence-corrected chi connectivity index (χ4v) is 4.33. The summed E-state index contributed by atoms with van der Waals surface area (Å²) in [5, 5.41) is 9.63. The van der Waals surface area contributed by atoms with Gasteiger partial charge in [-0.05, 0) is 42.3 Å². The summed E-state index contributed by atoms with van der Waals surface area (Å²) in [6, 6.07) is 8.40. The Hall–Kier alpha value is -4.27. The first-order valence-electron chi connectivity index (χ1n) is 10.7. The molecule has 5 rings (SSSR count). The molecule has 0 spiro atoms. The number of carbonyl (C=O) groups is 1. The van der Waals surface area contributed by atoms with Crippen molar-refractivity contribution in [1.29, 1.82) is 0 Å². The number of aromatic nitrogens is 3. The van der Waals surface area contributed by atoms with E-state index < -0.39 is 22.8 Å². The first-order chi connectivity index (χ1) is 16.2. The van der Waals surface area contributed by atoms with Gasteiger partial charge in [-0.3, -0.25) is 9.78 Å². The average molecular weight is 459 g/mol. The fraction of sp³-hybridized carbons (Fsp3) is 0.200. The number of nitrogens with zero attached hydrogens (tertiary/aromatic N) is 5. The zero-order chi connectivity index (χ0) is 24.1. The molecule has 1 aliphatic rings. The number of carboxylic acids is 1. The predicted octanol–water partition coefficient (Wildman–Crippen LogP) is 3.51. The summed E-state index contributed by atoms with van der Waals surface area (Å²) in [6.45, 7) is 2.80. The second-order valence-corrected chi connectivity index (χ2v) is 8.56. The lowest BCUT2D eigenvalue weighted by Gasteiger charge is -2.21. The number of hydrogen-bond donors (Lipinski definition) is 1. The van der Waals surface area contributed by atoms with Crippen LogP contribution in [-0.2, 0) is 13.1 Å². The van der Waals surface area contributed by atoms with Gasteiger partial charge in [0.15, 0.2) is 0 Å². The third-order valence-corrected chi connectivity index (χ3v) is 6.12. The molecule has 9 heteroatoms. The number of halogens is 1. The van der Waals surface area contributed by atoms with Crippen LogP contribution < -0.4 is 15.2 Å². The average Bonchev–Trinajstić information content (AvgIpc) is 3.23. The third-order valence-electron chi connectivity index (χ3n) is 6.12. The largest absolute Gasteiger partial charge is 0.477 e. The first-order valence-corrected chi connectivity index (χ1v) is 10.7. The molecule has 0 unspecified atom stereocenters. The van der Waals surface area contributed by atoms with E-state index in [4.69, 9.17) is 0 Å². The molecule has 0 bridgehead atoms. The molecule has 3 aromatic heterocycles. The van der Waals surface area contributed by atoms with Crippen LogP contribution in [0.4, 0.5) is 15.9 Å². The van der Waals surface area contributed by atoms with E-state index >= 15 is 4.39 Å². The third kappa shape index (κ3) is 3.45. The lowest BCUT2D eigenvalue weighted by molar-refractivity contribution is 0.0695. The van der Waals surface area contributed by atoms with Gasteiger partial charge in [0, 0.05) is 38.4 Å². The molecule has 4 aromatic rings. The Bertz CT molecular complexity index is 1500. The Morgan fingerprint density at radius 2 is 1.94 bits per heavy atom. The van der Waals surface area contributed by atoms with Crippen molar-refractivity contribution in [1.82, 2.24) is 14.5 Å². The van der Waals surface area contributed by atoms with Crippen molar-refractivity contribution >= 4 is 28.4 Å². The number of pyridine rings is 3. The van der Waals surface area contributed by atoms with Gasteiger partial charge in [0.2, 0.25) is 5.43 Å². The summed E-state index contributed by atoms with van der Waals surface area (Å²) >= 11 is 0. The van der Waals surface area contributed by atoms with Crippen LogP contribution in [0.1, 0.15) is 27.2 Å². The molecule has 0 fully saturated rings. The molecule has 0 aliphatic carbocycles. The molecule has 1 aromatic carbocycles. The molecule has 0 radical (unpaired) electrons. The van der Waals surface area contributed by atoms with E-state index in [0.717, 1.165) is 28.7 Å². The molecule has 4 heterocycles. The zero-order valence-electron chi connectivity index (χ0n) is 18.9. The number of carboxylic acid groups (broad SMARTS) is 1. The summed E-state index contributed by atoms with van der Waals surface area (Å²) < 4.78 is 16.9. The molecule has 172 valence electrons. The van der Waals surface area contributed by atoms with Gasteiger partial charge in [-0.2, -0.15) is 0 Å². The number of rotatable bonds is 4. The van der Waals surface area contributed by atoms with Crippen molar-refractivity contribution in [3.63, 3.8) is 0 Å². The summed E-state index contributed by atoms with van der Waals surface area (Å²) in [4.78, 5) is 37.3. The van der Waals surface area contributed by atoms with Crippen molar-refractivity contribution in [3.05, 3.63) is 87.3 Å². The summed E-state index contributed by atoms with van der Waals surface area (Å²) in [5.41, 5.74) is 2.86. The van der Waals surface area contributed by atoms with Gasteiger partial charge in [-0.25, -0.2) is 14.2 Å². The van der Waals surface area contributed by atoms with Crippen molar-refractivity contribution in [2.45, 2.75) is 20.0 Å². The molecular weight excluding hydrogens is 437 g/mol. The van der Waals surface area contributed by atoms with Gasteiger partial charge in [0.05, 0.1) is 35.3 Å². The minimum atomic E-state index is -1.37. The van der Waals surface area contributed by atoms with Gasteiger partial charge < -0.3 is 19.5 Å². The van der Waals surface area contributed by atoms with Gasteiger partial charge in [-0.1, -0.05) is 6.07 Å². The Balaban J connectivity index is 1.74. The summed E-state index contributed by atoms with van der Waals surface area (Å²) in [6.07, 6.45) is 4.62. The molecular formula is C25H22FN5O3. The van der Waals surface area contributed by atoms with Crippen LogP contribution in [0.2, 0.25) is 0 Å². The van der Waals surface area contributed by atoms with E-state index in [1.165, 1.54) is 6.20 Å². The molecule has 8 nitrogen and oxygen atoms in total. The van der Waals surface area contributed by atoms with Gasteiger partial charge >= 0.3 is 5.97 Å². The van der Waals surface area contributed by atoms with Crippen molar-refractivity contribution in [3.8, 4) is 5.69 Å². The Labute approximate surface area is 194 Å². The fourth-order valence-electron chi connectivity index (χ4n) is 4.33. The van der Waals surface area contributed by atoms with E-state index in [0.29, 0.717) is 30.0 Å². The maximum atomic E-state index is 15.3. The lowest BCUT2D eigenvalue weighted by Crippen LogP contribution is -2.21. The minimum absolute atomic E-state index is 0.00734. The van der Waals surface area contributed by atoms with Crippen LogP contribution in [0, 0.1) is 12.7 Å². The number of benzene rings is 1. The number of aryl methyl sites for hydroxylation is 1. The van der Waals surface area contributed by atoms with E-state index in [1.807, 2.05) is 49.0 Å². The number of anilines is 2. The van der Waals surface area contributed by atoms with Crippen molar-refractivity contribution in [2.24, 2.45) is 0 Å². The Kier molecular flexibility index (Phi) is 5.04. The first kappa shape index (κ1) is 21.6. The van der Waals surface area contributed by atoms with Crippen molar-refractivity contribution in [2.75, 3.05) is 23.9 Å². The molecule has 0 atom stereocenters. The van der Waals surface area contributed by atoms with Gasteiger partial charge in [-0.15, -0.1) is 0 Å². The van der Waals surface area contributed by atoms with Crippen LogP contribution in [0.5, 0.6) is 0 Å². The van der Waals surface area contributed by atoms with Crippen LogP contribution >= 0.6 is 0 Å². The molecule has 0 amide bonds. The standard InChI is InChI=1S/C25H22FN5O3/c1-14-7-23(29(2)3)28-10-22(14)31-12-17(25(33)34)24(32)16-8-18(26)21(9-20(16)31)30-11-15-5-4-6-27-19(15)13-30/h4-10,12H,11,13H2,1-3H3,(H,33,34). The van der Waals surface area contributed by atoms with E-state index in [1.54, 1.807) is 23.0 Å². The van der Waals surface area contributed by atoms with Gasteiger partial charge in [0.25, 0.3) is 0 Å². The number of fused-ring (bicyclic) bond motifs is 2. The smallest absolute Gasteiger partial charge is 0.341 e. The van der Waals surface area contributed by atoms with Crippen LogP contribution in [0.25, 0.3) is 16.6 Å². The van der Waals surface area contributed by atoms with Crippen LogP contribution in [0.3, 0.4) is 0 Å². The second-order valence-electron chi connectivity index (χ2n) is 8.56. The molecule has 1 N–H and O–H groups in total. The molecule has 0 saturated carbocycles. The predicted molar refractivity (Wildman–Crippen MR) is 127 cm³/mol. The summed E-state index contributed by atoms with van der Waals surface area (Å²) in [5.74, 6) is -1.23. The monoisotopic (exact) mass is 459 g/mol. The van der Waals surface area contributed by atoms with E-state index in [-0.39, 0.29) is 5.39 Å². The quantitative estimate of drug-likeness (QED) is 0.499. The molecule has 1 aliphatic heterocycles. The van der Waals surface area contributed by atoms with E-state index in [2.05, 4.69) is 9.97 Å². The topological polar surface area (TPSA) is 91.6 Å². The highest BCUT2D eigenvalue weighted by Gasteiger charge is 2.25. The normalized spacial score (nSPS) is 12.8. The number of hydrogen-bond acceptors (Lipinski definition) is 6. The van der Waals surface area contributed by atoms with Crippen LogP contribution in [-0.4, -0.2) is 39.7 Å². The SMILES string of the molecule is Cc1cc(N(C)C)ncc1-n1cc(C(=O)O)c(=O)c2cc(F)c(N3Cc4cccnc4C3)cc21. The minimum Gasteiger partial charge on any atom is -0.477 e. The van der Waals surface area contributed by atoms with E-state index in [9.17, 15) is 14.7 Å². The maximum absolute atomic E-state index is 15.3. The highest BCUT2D eigenvalue weighted by molar-refractivity contribution is 5.94. The molecule has 34 heavy (non-hydrogen) atoms. The Morgan fingerprint density at radius 3 is 2.62 bits per heavy atom. The summed E-state index contributed by atoms with van der Waals surface area (Å²) in [7, 11) is 3.74. The van der Waals surface area contributed by atoms with Gasteiger partial charge in [0.1, 0.15) is 17.2 Å². The van der Waals surface area contributed by atoms with Crippen LogP contribution in [0.15, 0.2) is 53.7 Å². The highest BCUT2D eigenvalue weighted by atomic mass is 19.1. The zero-order valence-corrected chi connectivity index (χ0v) is 18.9.